The molecule has 4 atom stereocenters. The van der Waals surface area contributed by atoms with Crippen LogP contribution >= 0.6 is 0 Å². The first-order chi connectivity index (χ1) is 6.54. The standard InChI is InChI=1S/C11H19O3/c1-7(11(13)14)9-5-3-4-6-10(9)8(2)12/h4,7-10,12H,3,5-6H2,1-2H3,(H,13,14). The summed E-state index contributed by atoms with van der Waals surface area (Å²) in [5.74, 6) is -0.849. The van der Waals surface area contributed by atoms with E-state index in [1.165, 1.54) is 0 Å². The van der Waals surface area contributed by atoms with Crippen molar-refractivity contribution < 1.29 is 15.0 Å². The molecule has 3 heteroatoms. The largest absolute Gasteiger partial charge is 0.481 e. The van der Waals surface area contributed by atoms with Gasteiger partial charge in [-0.25, -0.2) is 0 Å². The number of carboxylic acids is 1. The van der Waals surface area contributed by atoms with E-state index in [9.17, 15) is 9.90 Å². The van der Waals surface area contributed by atoms with Gasteiger partial charge in [0.1, 0.15) is 0 Å². The third-order valence-electron chi connectivity index (χ3n) is 3.34. The molecule has 81 valence electrons. The first-order valence-corrected chi connectivity index (χ1v) is 5.26. The Morgan fingerprint density at radius 2 is 2.07 bits per heavy atom. The van der Waals surface area contributed by atoms with Gasteiger partial charge in [0.25, 0.3) is 0 Å². The number of aliphatic carboxylic acids is 1. The molecule has 0 heterocycles. The van der Waals surface area contributed by atoms with Crippen molar-refractivity contribution >= 4 is 5.97 Å². The molecule has 0 amide bonds. The number of carbonyl (C=O) groups is 1. The van der Waals surface area contributed by atoms with Crippen molar-refractivity contribution in [2.75, 3.05) is 0 Å². The van der Waals surface area contributed by atoms with E-state index in [2.05, 4.69) is 6.42 Å². The van der Waals surface area contributed by atoms with E-state index < -0.39 is 12.1 Å². The first kappa shape index (κ1) is 11.5. The van der Waals surface area contributed by atoms with Gasteiger partial charge in [-0.3, -0.25) is 4.79 Å². The predicted molar refractivity (Wildman–Crippen MR) is 53.6 cm³/mol. The van der Waals surface area contributed by atoms with Gasteiger partial charge >= 0.3 is 5.97 Å². The minimum absolute atomic E-state index is 0.120. The van der Waals surface area contributed by atoms with E-state index in [1.807, 2.05) is 0 Å². The van der Waals surface area contributed by atoms with E-state index in [4.69, 9.17) is 5.11 Å². The van der Waals surface area contributed by atoms with Crippen LogP contribution in [0, 0.1) is 24.2 Å². The summed E-state index contributed by atoms with van der Waals surface area (Å²) in [6.45, 7) is 3.50. The number of hydrogen-bond acceptors (Lipinski definition) is 2. The monoisotopic (exact) mass is 199 g/mol. The lowest BCUT2D eigenvalue weighted by Gasteiger charge is -2.35. The van der Waals surface area contributed by atoms with Crippen LogP contribution in [0.2, 0.25) is 0 Å². The molecular weight excluding hydrogens is 180 g/mol. The average molecular weight is 199 g/mol. The third kappa shape index (κ3) is 2.47. The Morgan fingerprint density at radius 1 is 1.43 bits per heavy atom. The second-order valence-electron chi connectivity index (χ2n) is 4.30. The molecular formula is C11H19O3. The molecule has 0 aliphatic heterocycles. The number of aliphatic hydroxyl groups is 1. The van der Waals surface area contributed by atoms with Gasteiger partial charge in [0.2, 0.25) is 0 Å². The normalized spacial score (nSPS) is 32.2. The van der Waals surface area contributed by atoms with E-state index in [0.717, 1.165) is 19.3 Å². The molecule has 0 aromatic heterocycles. The Hall–Kier alpha value is -0.570. The van der Waals surface area contributed by atoms with Gasteiger partial charge in [0, 0.05) is 0 Å². The Kier molecular flexibility index (Phi) is 3.93. The summed E-state index contributed by atoms with van der Waals surface area (Å²) in [6.07, 6.45) is 4.47. The fraction of sp³-hybridized carbons (Fsp3) is 0.818. The Bertz CT molecular complexity index is 201. The highest BCUT2D eigenvalue weighted by atomic mass is 16.4. The van der Waals surface area contributed by atoms with Gasteiger partial charge < -0.3 is 10.2 Å². The summed E-state index contributed by atoms with van der Waals surface area (Å²) < 4.78 is 0. The van der Waals surface area contributed by atoms with E-state index in [-0.39, 0.29) is 17.8 Å². The summed E-state index contributed by atoms with van der Waals surface area (Å²) in [5.41, 5.74) is 0. The summed E-state index contributed by atoms with van der Waals surface area (Å²) in [5, 5.41) is 18.5. The zero-order chi connectivity index (χ0) is 10.7. The fourth-order valence-corrected chi connectivity index (χ4v) is 2.37. The quantitative estimate of drug-likeness (QED) is 0.727. The maximum atomic E-state index is 10.9. The van der Waals surface area contributed by atoms with Crippen LogP contribution in [0.4, 0.5) is 0 Å². The molecule has 3 nitrogen and oxygen atoms in total. The molecule has 0 saturated heterocycles. The van der Waals surface area contributed by atoms with E-state index >= 15 is 0 Å². The highest BCUT2D eigenvalue weighted by molar-refractivity contribution is 5.69. The highest BCUT2D eigenvalue weighted by Gasteiger charge is 2.35. The van der Waals surface area contributed by atoms with Crippen molar-refractivity contribution in [3.63, 3.8) is 0 Å². The fourth-order valence-electron chi connectivity index (χ4n) is 2.37. The molecule has 2 N–H and O–H groups in total. The lowest BCUT2D eigenvalue weighted by Crippen LogP contribution is -2.35. The number of rotatable bonds is 3. The Balaban J connectivity index is 2.67. The molecule has 0 aromatic rings. The minimum atomic E-state index is -0.748. The predicted octanol–water partition coefficient (Wildman–Crippen LogP) is 1.71. The van der Waals surface area contributed by atoms with Gasteiger partial charge in [0.15, 0.2) is 0 Å². The van der Waals surface area contributed by atoms with Crippen molar-refractivity contribution in [3.05, 3.63) is 6.42 Å². The van der Waals surface area contributed by atoms with Gasteiger partial charge in [-0.2, -0.15) is 0 Å². The molecule has 1 radical (unpaired) electrons. The maximum Gasteiger partial charge on any atom is 0.306 e. The van der Waals surface area contributed by atoms with E-state index in [0.29, 0.717) is 0 Å². The molecule has 0 spiro atoms. The minimum Gasteiger partial charge on any atom is -0.481 e. The van der Waals surface area contributed by atoms with Crippen LogP contribution in [0.25, 0.3) is 0 Å². The SMILES string of the molecule is CC(O)C1C[CH]CCC1C(C)C(=O)O. The highest BCUT2D eigenvalue weighted by Crippen LogP contribution is 2.36. The summed E-state index contributed by atoms with van der Waals surface area (Å²) in [7, 11) is 0. The average Bonchev–Trinajstić information content (AvgIpc) is 2.16. The molecule has 0 aromatic carbocycles. The van der Waals surface area contributed by atoms with Crippen LogP contribution in [0.15, 0.2) is 0 Å². The number of hydrogen-bond donors (Lipinski definition) is 2. The third-order valence-corrected chi connectivity index (χ3v) is 3.34. The van der Waals surface area contributed by atoms with Crippen molar-refractivity contribution in [3.8, 4) is 0 Å². The number of carboxylic acid groups (broad SMARTS) is 1. The molecule has 1 saturated carbocycles. The van der Waals surface area contributed by atoms with Crippen LogP contribution in [-0.4, -0.2) is 22.3 Å². The molecule has 1 fully saturated rings. The van der Waals surface area contributed by atoms with Gasteiger partial charge in [-0.1, -0.05) is 6.92 Å². The molecule has 1 aliphatic carbocycles. The lowest BCUT2D eigenvalue weighted by molar-refractivity contribution is -0.144. The van der Waals surface area contributed by atoms with E-state index in [1.54, 1.807) is 13.8 Å². The summed E-state index contributed by atoms with van der Waals surface area (Å²) in [4.78, 5) is 10.9. The Labute approximate surface area is 85.1 Å². The van der Waals surface area contributed by atoms with Crippen LogP contribution in [0.3, 0.4) is 0 Å². The maximum absolute atomic E-state index is 10.9. The molecule has 1 aliphatic rings. The van der Waals surface area contributed by atoms with Gasteiger partial charge in [-0.05, 0) is 44.4 Å². The lowest BCUT2D eigenvalue weighted by atomic mass is 9.71. The molecule has 4 unspecified atom stereocenters. The molecule has 0 bridgehead atoms. The summed E-state index contributed by atoms with van der Waals surface area (Å²) in [6, 6.07) is 0. The van der Waals surface area contributed by atoms with Crippen molar-refractivity contribution in [1.29, 1.82) is 0 Å². The number of aliphatic hydroxyl groups excluding tert-OH is 1. The summed E-state index contributed by atoms with van der Waals surface area (Å²) >= 11 is 0. The van der Waals surface area contributed by atoms with Crippen LogP contribution in [0.5, 0.6) is 0 Å². The van der Waals surface area contributed by atoms with Gasteiger partial charge in [-0.15, -0.1) is 0 Å². The molecule has 1 rings (SSSR count). The zero-order valence-electron chi connectivity index (χ0n) is 8.81. The van der Waals surface area contributed by atoms with Crippen molar-refractivity contribution in [1.82, 2.24) is 0 Å². The van der Waals surface area contributed by atoms with Crippen LogP contribution in [-0.2, 0) is 4.79 Å². The molecule has 14 heavy (non-hydrogen) atoms. The van der Waals surface area contributed by atoms with Gasteiger partial charge in [0.05, 0.1) is 12.0 Å². The van der Waals surface area contributed by atoms with Crippen LogP contribution in [0.1, 0.15) is 33.1 Å². The second-order valence-corrected chi connectivity index (χ2v) is 4.30. The van der Waals surface area contributed by atoms with Crippen molar-refractivity contribution in [2.45, 2.75) is 39.2 Å². The van der Waals surface area contributed by atoms with Crippen LogP contribution < -0.4 is 0 Å². The topological polar surface area (TPSA) is 57.5 Å². The smallest absolute Gasteiger partial charge is 0.306 e. The zero-order valence-corrected chi connectivity index (χ0v) is 8.81. The first-order valence-electron chi connectivity index (χ1n) is 5.26. The van der Waals surface area contributed by atoms with Crippen molar-refractivity contribution in [2.24, 2.45) is 17.8 Å². The Morgan fingerprint density at radius 3 is 2.57 bits per heavy atom. The second kappa shape index (κ2) is 4.78.